The van der Waals surface area contributed by atoms with Crippen molar-refractivity contribution < 1.29 is 27.6 Å². The Morgan fingerprint density at radius 2 is 1.92 bits per heavy atom. The van der Waals surface area contributed by atoms with Crippen LogP contribution in [-0.2, 0) is 6.18 Å². The van der Waals surface area contributed by atoms with Gasteiger partial charge in [0.25, 0.3) is 11.6 Å². The minimum absolute atomic E-state index is 0.0250. The van der Waals surface area contributed by atoms with Crippen molar-refractivity contribution in [3.63, 3.8) is 0 Å². The molecule has 0 atom stereocenters. The first kappa shape index (κ1) is 19.2. The highest BCUT2D eigenvalue weighted by Gasteiger charge is 2.30. The minimum atomic E-state index is -4.47. The highest BCUT2D eigenvalue weighted by atomic mass is 19.4. The van der Waals surface area contributed by atoms with Crippen LogP contribution < -0.4 is 10.1 Å². The molecule has 0 saturated carbocycles. The molecule has 1 N–H and O–H groups in total. The maximum Gasteiger partial charge on any atom is 0.416 e. The molecule has 0 fully saturated rings. The van der Waals surface area contributed by atoms with Gasteiger partial charge >= 0.3 is 6.18 Å². The number of hydrogen-bond donors (Lipinski definition) is 1. The molecule has 0 aromatic heterocycles. The van der Waals surface area contributed by atoms with E-state index in [-0.39, 0.29) is 35.7 Å². The quantitative estimate of drug-likeness (QED) is 0.479. The lowest BCUT2D eigenvalue weighted by Crippen LogP contribution is -2.28. The highest BCUT2D eigenvalue weighted by molar-refractivity contribution is 5.96. The molecule has 2 rings (SSSR count). The van der Waals surface area contributed by atoms with Gasteiger partial charge in [0, 0.05) is 17.2 Å². The SMILES string of the molecule is Cc1c(C(=O)NCCOc2cccc(C(F)(F)F)c2)cccc1[N+](=O)[O-]. The Labute approximate surface area is 146 Å². The molecule has 0 spiro atoms. The summed E-state index contributed by atoms with van der Waals surface area (Å²) in [5.74, 6) is -0.501. The summed E-state index contributed by atoms with van der Waals surface area (Å²) in [7, 11) is 0. The number of alkyl halides is 3. The molecule has 9 heteroatoms. The molecule has 0 radical (unpaired) electrons. The van der Waals surface area contributed by atoms with Crippen molar-refractivity contribution in [2.24, 2.45) is 0 Å². The first-order chi connectivity index (χ1) is 12.2. The van der Waals surface area contributed by atoms with Crippen LogP contribution in [0.5, 0.6) is 5.75 Å². The van der Waals surface area contributed by atoms with Crippen LogP contribution in [0.2, 0.25) is 0 Å². The fraction of sp³-hybridized carbons (Fsp3) is 0.235. The van der Waals surface area contributed by atoms with Gasteiger partial charge in [-0.25, -0.2) is 0 Å². The topological polar surface area (TPSA) is 81.5 Å². The van der Waals surface area contributed by atoms with Crippen molar-refractivity contribution in [3.8, 4) is 5.75 Å². The van der Waals surface area contributed by atoms with Crippen molar-refractivity contribution in [2.45, 2.75) is 13.1 Å². The monoisotopic (exact) mass is 368 g/mol. The molecule has 2 aromatic rings. The smallest absolute Gasteiger partial charge is 0.416 e. The lowest BCUT2D eigenvalue weighted by atomic mass is 10.1. The van der Waals surface area contributed by atoms with Gasteiger partial charge < -0.3 is 10.1 Å². The average Bonchev–Trinajstić information content (AvgIpc) is 2.58. The van der Waals surface area contributed by atoms with Gasteiger partial charge in [0.2, 0.25) is 0 Å². The lowest BCUT2D eigenvalue weighted by Gasteiger charge is -2.11. The second-order valence-corrected chi connectivity index (χ2v) is 5.34. The number of nitro groups is 1. The summed E-state index contributed by atoms with van der Waals surface area (Å²) in [6, 6.07) is 8.55. The molecule has 0 unspecified atom stereocenters. The number of benzene rings is 2. The first-order valence-electron chi connectivity index (χ1n) is 7.52. The Morgan fingerprint density at radius 3 is 2.58 bits per heavy atom. The molecular weight excluding hydrogens is 353 g/mol. The summed E-state index contributed by atoms with van der Waals surface area (Å²) < 4.78 is 43.0. The third-order valence-electron chi connectivity index (χ3n) is 3.56. The Bertz CT molecular complexity index is 822. The van der Waals surface area contributed by atoms with E-state index in [9.17, 15) is 28.1 Å². The fourth-order valence-corrected chi connectivity index (χ4v) is 2.26. The number of hydrogen-bond acceptors (Lipinski definition) is 4. The third-order valence-corrected chi connectivity index (χ3v) is 3.56. The molecular formula is C17H15F3N2O4. The summed E-state index contributed by atoms with van der Waals surface area (Å²) in [5, 5.41) is 13.4. The number of rotatable bonds is 6. The zero-order valence-electron chi connectivity index (χ0n) is 13.7. The molecule has 0 bridgehead atoms. The summed E-state index contributed by atoms with van der Waals surface area (Å²) in [6.45, 7) is 1.43. The molecule has 0 aliphatic carbocycles. The van der Waals surface area contributed by atoms with Gasteiger partial charge in [0.05, 0.1) is 17.0 Å². The molecule has 138 valence electrons. The van der Waals surface area contributed by atoms with Crippen molar-refractivity contribution in [3.05, 3.63) is 69.3 Å². The number of amides is 1. The van der Waals surface area contributed by atoms with E-state index in [1.807, 2.05) is 0 Å². The number of nitro benzene ring substituents is 1. The highest BCUT2D eigenvalue weighted by Crippen LogP contribution is 2.31. The van der Waals surface area contributed by atoms with Crippen molar-refractivity contribution in [1.29, 1.82) is 0 Å². The van der Waals surface area contributed by atoms with Crippen LogP contribution in [0, 0.1) is 17.0 Å². The largest absolute Gasteiger partial charge is 0.492 e. The minimum Gasteiger partial charge on any atom is -0.492 e. The van der Waals surface area contributed by atoms with Crippen LogP contribution in [-0.4, -0.2) is 24.0 Å². The zero-order valence-corrected chi connectivity index (χ0v) is 13.7. The summed E-state index contributed by atoms with van der Waals surface area (Å²) in [5.41, 5.74) is -0.615. The van der Waals surface area contributed by atoms with E-state index in [1.54, 1.807) is 0 Å². The number of nitrogens with zero attached hydrogens (tertiary/aromatic N) is 1. The summed E-state index contributed by atoms with van der Waals surface area (Å²) in [6.07, 6.45) is -4.47. The summed E-state index contributed by atoms with van der Waals surface area (Å²) in [4.78, 5) is 22.4. The van der Waals surface area contributed by atoms with Crippen LogP contribution in [0.1, 0.15) is 21.5 Å². The van der Waals surface area contributed by atoms with Gasteiger partial charge in [0.1, 0.15) is 12.4 Å². The van der Waals surface area contributed by atoms with Crippen LogP contribution in [0.15, 0.2) is 42.5 Å². The van der Waals surface area contributed by atoms with Gasteiger partial charge in [-0.2, -0.15) is 13.2 Å². The summed E-state index contributed by atoms with van der Waals surface area (Å²) >= 11 is 0. The number of ether oxygens (including phenoxy) is 1. The van der Waals surface area contributed by atoms with Crippen LogP contribution in [0.25, 0.3) is 0 Å². The normalized spacial score (nSPS) is 11.1. The maximum absolute atomic E-state index is 12.6. The van der Waals surface area contributed by atoms with E-state index >= 15 is 0 Å². The van der Waals surface area contributed by atoms with Gasteiger partial charge in [-0.05, 0) is 31.2 Å². The number of nitrogens with one attached hydrogen (secondary N) is 1. The molecule has 0 heterocycles. The predicted molar refractivity (Wildman–Crippen MR) is 87.1 cm³/mol. The van der Waals surface area contributed by atoms with E-state index < -0.39 is 22.6 Å². The van der Waals surface area contributed by atoms with Crippen LogP contribution in [0.3, 0.4) is 0 Å². The standard InChI is InChI=1S/C17H15F3N2O4/c1-11-14(6-3-7-15(11)22(24)25)16(23)21-8-9-26-13-5-2-4-12(10-13)17(18,19)20/h2-7,10H,8-9H2,1H3,(H,21,23). The molecule has 1 amide bonds. The Kier molecular flexibility index (Phi) is 5.81. The number of carbonyl (C=O) groups is 1. The Hall–Kier alpha value is -3.10. The van der Waals surface area contributed by atoms with E-state index in [2.05, 4.69) is 5.32 Å². The Morgan fingerprint density at radius 1 is 1.23 bits per heavy atom. The van der Waals surface area contributed by atoms with E-state index in [4.69, 9.17) is 4.74 Å². The third kappa shape index (κ3) is 4.71. The molecule has 26 heavy (non-hydrogen) atoms. The molecule has 2 aromatic carbocycles. The van der Waals surface area contributed by atoms with Gasteiger partial charge in [-0.15, -0.1) is 0 Å². The van der Waals surface area contributed by atoms with Crippen molar-refractivity contribution in [1.82, 2.24) is 5.32 Å². The molecule has 0 saturated heterocycles. The second-order valence-electron chi connectivity index (χ2n) is 5.34. The second kappa shape index (κ2) is 7.85. The zero-order chi connectivity index (χ0) is 19.3. The predicted octanol–water partition coefficient (Wildman–Crippen LogP) is 3.73. The van der Waals surface area contributed by atoms with Crippen LogP contribution in [0.4, 0.5) is 18.9 Å². The van der Waals surface area contributed by atoms with Gasteiger partial charge in [0.15, 0.2) is 0 Å². The van der Waals surface area contributed by atoms with E-state index in [1.165, 1.54) is 37.3 Å². The molecule has 6 nitrogen and oxygen atoms in total. The first-order valence-corrected chi connectivity index (χ1v) is 7.52. The number of halogens is 3. The fourth-order valence-electron chi connectivity index (χ4n) is 2.26. The van der Waals surface area contributed by atoms with E-state index in [0.717, 1.165) is 12.1 Å². The molecule has 0 aliphatic rings. The average molecular weight is 368 g/mol. The molecule has 0 aliphatic heterocycles. The van der Waals surface area contributed by atoms with Gasteiger partial charge in [-0.3, -0.25) is 14.9 Å². The van der Waals surface area contributed by atoms with E-state index in [0.29, 0.717) is 0 Å². The maximum atomic E-state index is 12.6. The van der Waals surface area contributed by atoms with Gasteiger partial charge in [-0.1, -0.05) is 12.1 Å². The Balaban J connectivity index is 1.92. The van der Waals surface area contributed by atoms with Crippen molar-refractivity contribution >= 4 is 11.6 Å². The number of carbonyl (C=O) groups excluding carboxylic acids is 1. The van der Waals surface area contributed by atoms with Crippen LogP contribution >= 0.6 is 0 Å². The lowest BCUT2D eigenvalue weighted by molar-refractivity contribution is -0.385. The van der Waals surface area contributed by atoms with Crippen molar-refractivity contribution in [2.75, 3.05) is 13.2 Å².